The molecule has 0 aliphatic heterocycles. The van der Waals surface area contributed by atoms with Crippen LogP contribution < -0.4 is 14.8 Å². The Hall–Kier alpha value is -4.10. The predicted molar refractivity (Wildman–Crippen MR) is 141 cm³/mol. The van der Waals surface area contributed by atoms with E-state index in [1.54, 1.807) is 7.11 Å². The highest BCUT2D eigenvalue weighted by molar-refractivity contribution is 5.81. The summed E-state index contributed by atoms with van der Waals surface area (Å²) in [6.07, 6.45) is 3.21. The molecule has 1 aromatic heterocycles. The second kappa shape index (κ2) is 12.0. The molecule has 0 aliphatic rings. The van der Waals surface area contributed by atoms with Crippen LogP contribution in [0, 0.1) is 0 Å². The number of aromatic nitrogens is 2. The summed E-state index contributed by atoms with van der Waals surface area (Å²) in [5.74, 6) is 1.61. The predicted octanol–water partition coefficient (Wildman–Crippen LogP) is 4.38. The average molecular weight is 486 g/mol. The van der Waals surface area contributed by atoms with Gasteiger partial charge in [0.1, 0.15) is 18.5 Å². The molecule has 7 nitrogen and oxygen atoms in total. The monoisotopic (exact) mass is 485 g/mol. The highest BCUT2D eigenvalue weighted by Crippen LogP contribution is 2.29. The molecule has 4 rings (SSSR count). The minimum Gasteiger partial charge on any atom is -0.493 e. The fourth-order valence-electron chi connectivity index (χ4n) is 4.02. The van der Waals surface area contributed by atoms with Crippen LogP contribution in [0.1, 0.15) is 23.9 Å². The molecule has 0 saturated carbocycles. The molecule has 186 valence electrons. The third-order valence-corrected chi connectivity index (χ3v) is 5.76. The van der Waals surface area contributed by atoms with Crippen LogP contribution in [0.5, 0.6) is 11.5 Å². The average Bonchev–Trinajstić information content (AvgIpc) is 3.23. The van der Waals surface area contributed by atoms with Gasteiger partial charge in [0, 0.05) is 6.54 Å². The number of hydrogen-bond acceptors (Lipinski definition) is 5. The Kier molecular flexibility index (Phi) is 8.36. The lowest BCUT2D eigenvalue weighted by Crippen LogP contribution is -2.28. The Morgan fingerprint density at radius 1 is 1.08 bits per heavy atom. The van der Waals surface area contributed by atoms with E-state index >= 15 is 0 Å². The van der Waals surface area contributed by atoms with E-state index < -0.39 is 6.10 Å². The summed E-state index contributed by atoms with van der Waals surface area (Å²) in [7, 11) is 1.59. The summed E-state index contributed by atoms with van der Waals surface area (Å²) in [5.41, 5.74) is 3.66. The maximum Gasteiger partial charge on any atom is 0.227 e. The van der Waals surface area contributed by atoms with Gasteiger partial charge in [-0.05, 0) is 42.3 Å². The van der Waals surface area contributed by atoms with Gasteiger partial charge in [-0.25, -0.2) is 4.98 Å². The maximum atomic E-state index is 12.7. The van der Waals surface area contributed by atoms with Gasteiger partial charge in [0.2, 0.25) is 5.91 Å². The van der Waals surface area contributed by atoms with E-state index in [0.717, 1.165) is 22.2 Å². The zero-order valence-electron chi connectivity index (χ0n) is 20.6. The molecule has 0 fully saturated rings. The van der Waals surface area contributed by atoms with Crippen molar-refractivity contribution in [2.24, 2.45) is 0 Å². The number of ether oxygens (including phenoxy) is 2. The summed E-state index contributed by atoms with van der Waals surface area (Å²) >= 11 is 0. The number of hydrogen-bond donors (Lipinski definition) is 2. The van der Waals surface area contributed by atoms with Crippen molar-refractivity contribution in [3.05, 3.63) is 95.8 Å². The molecule has 36 heavy (non-hydrogen) atoms. The number of carbonyl (C=O) groups excluding carboxylic acids is 1. The number of nitrogens with one attached hydrogen (secondary N) is 1. The van der Waals surface area contributed by atoms with Gasteiger partial charge < -0.3 is 24.5 Å². The number of rotatable bonds is 11. The molecule has 1 heterocycles. The summed E-state index contributed by atoms with van der Waals surface area (Å²) < 4.78 is 13.2. The molecule has 0 radical (unpaired) electrons. The van der Waals surface area contributed by atoms with Crippen molar-refractivity contribution in [2.75, 3.05) is 13.7 Å². The van der Waals surface area contributed by atoms with E-state index in [1.165, 1.54) is 0 Å². The number of allylic oxidation sites excluding steroid dienone is 1. The van der Waals surface area contributed by atoms with Gasteiger partial charge in [0.25, 0.3) is 0 Å². The fourth-order valence-corrected chi connectivity index (χ4v) is 4.02. The fraction of sp³-hybridized carbons (Fsp3) is 0.241. The van der Waals surface area contributed by atoms with E-state index in [4.69, 9.17) is 9.47 Å². The number of benzene rings is 3. The van der Waals surface area contributed by atoms with Gasteiger partial charge in [0.15, 0.2) is 11.5 Å². The third kappa shape index (κ3) is 6.31. The molecule has 1 unspecified atom stereocenters. The molecule has 0 spiro atoms. The van der Waals surface area contributed by atoms with Crippen LogP contribution in [0.2, 0.25) is 0 Å². The number of imidazole rings is 1. The largest absolute Gasteiger partial charge is 0.493 e. The molecule has 7 heteroatoms. The minimum atomic E-state index is -0.825. The second-order valence-corrected chi connectivity index (χ2v) is 8.44. The quantitative estimate of drug-likeness (QED) is 0.329. The lowest BCUT2D eigenvalue weighted by Gasteiger charge is -2.17. The highest BCUT2D eigenvalue weighted by Gasteiger charge is 2.18. The van der Waals surface area contributed by atoms with Crippen LogP contribution in [-0.2, 0) is 24.3 Å². The first-order valence-electron chi connectivity index (χ1n) is 11.9. The molecule has 0 saturated heterocycles. The summed E-state index contributed by atoms with van der Waals surface area (Å²) in [4.78, 5) is 17.3. The Morgan fingerprint density at radius 3 is 2.64 bits per heavy atom. The van der Waals surface area contributed by atoms with Gasteiger partial charge in [-0.1, -0.05) is 60.7 Å². The van der Waals surface area contributed by atoms with E-state index in [1.807, 2.05) is 96.4 Å². The molecular formula is C29H31N3O4. The van der Waals surface area contributed by atoms with Gasteiger partial charge >= 0.3 is 0 Å². The molecule has 3 aromatic carbocycles. The van der Waals surface area contributed by atoms with Crippen molar-refractivity contribution < 1.29 is 19.4 Å². The first-order valence-corrected chi connectivity index (χ1v) is 11.9. The molecule has 0 aliphatic carbocycles. The van der Waals surface area contributed by atoms with Crippen LogP contribution in [-0.4, -0.2) is 40.4 Å². The SMILES string of the molecule is C/C=C/c1ccc(OCC(O)Cn2c(CC(=O)NCc3ccccc3)nc3ccccc32)c(OC)c1. The number of amides is 1. The Morgan fingerprint density at radius 2 is 1.86 bits per heavy atom. The molecule has 4 aromatic rings. The standard InChI is InChI=1S/C29H31N3O4/c1-3-9-21-14-15-26(27(16-21)35-2)36-20-23(33)19-32-25-13-8-7-12-24(25)31-28(32)17-29(34)30-18-22-10-5-4-6-11-22/h3-16,23,33H,17-20H2,1-2H3,(H,30,34)/b9-3+. The van der Waals surface area contributed by atoms with Crippen LogP contribution in [0.4, 0.5) is 0 Å². The van der Waals surface area contributed by atoms with E-state index in [0.29, 0.717) is 23.9 Å². The van der Waals surface area contributed by atoms with Gasteiger partial charge in [0.05, 0.1) is 31.1 Å². The molecular weight excluding hydrogens is 454 g/mol. The Labute approximate surface area is 211 Å². The van der Waals surface area contributed by atoms with Crippen LogP contribution in [0.25, 0.3) is 17.1 Å². The van der Waals surface area contributed by atoms with Gasteiger partial charge in [-0.15, -0.1) is 0 Å². The van der Waals surface area contributed by atoms with Crippen LogP contribution in [0.15, 0.2) is 78.9 Å². The lowest BCUT2D eigenvalue weighted by molar-refractivity contribution is -0.120. The number of aliphatic hydroxyl groups is 1. The molecule has 0 bridgehead atoms. The van der Waals surface area contributed by atoms with Crippen molar-refractivity contribution in [2.45, 2.75) is 32.5 Å². The molecule has 2 N–H and O–H groups in total. The van der Waals surface area contributed by atoms with Crippen molar-refractivity contribution in [3.8, 4) is 11.5 Å². The topological polar surface area (TPSA) is 85.6 Å². The zero-order chi connectivity index (χ0) is 25.3. The second-order valence-electron chi connectivity index (χ2n) is 8.44. The summed E-state index contributed by atoms with van der Waals surface area (Å²) in [5, 5.41) is 13.8. The first kappa shape index (κ1) is 25.0. The maximum absolute atomic E-state index is 12.7. The van der Waals surface area contributed by atoms with Crippen molar-refractivity contribution in [1.29, 1.82) is 0 Å². The normalized spacial score (nSPS) is 12.1. The minimum absolute atomic E-state index is 0.0610. The highest BCUT2D eigenvalue weighted by atomic mass is 16.5. The summed E-state index contributed by atoms with van der Waals surface area (Å²) in [6.45, 7) is 2.70. The van der Waals surface area contributed by atoms with Gasteiger partial charge in [-0.3, -0.25) is 4.79 Å². The smallest absolute Gasteiger partial charge is 0.227 e. The van der Waals surface area contributed by atoms with Crippen molar-refractivity contribution in [1.82, 2.24) is 14.9 Å². The molecule has 1 atom stereocenters. The first-order chi connectivity index (χ1) is 17.6. The number of nitrogens with zero attached hydrogens (tertiary/aromatic N) is 2. The number of aliphatic hydroxyl groups excluding tert-OH is 1. The molecule has 1 amide bonds. The van der Waals surface area contributed by atoms with Crippen LogP contribution in [0.3, 0.4) is 0 Å². The van der Waals surface area contributed by atoms with Crippen molar-refractivity contribution in [3.63, 3.8) is 0 Å². The zero-order valence-corrected chi connectivity index (χ0v) is 20.6. The Balaban J connectivity index is 1.44. The number of carbonyl (C=O) groups is 1. The lowest BCUT2D eigenvalue weighted by atomic mass is 10.2. The van der Waals surface area contributed by atoms with E-state index in [2.05, 4.69) is 10.3 Å². The van der Waals surface area contributed by atoms with Gasteiger partial charge in [-0.2, -0.15) is 0 Å². The van der Waals surface area contributed by atoms with E-state index in [-0.39, 0.29) is 25.5 Å². The Bertz CT molecular complexity index is 1330. The third-order valence-electron chi connectivity index (χ3n) is 5.76. The summed E-state index contributed by atoms with van der Waals surface area (Å²) in [6, 6.07) is 23.1. The number of para-hydroxylation sites is 2. The number of fused-ring (bicyclic) bond motifs is 1. The van der Waals surface area contributed by atoms with Crippen molar-refractivity contribution >= 4 is 23.0 Å². The van der Waals surface area contributed by atoms with Crippen LogP contribution >= 0.6 is 0 Å². The number of methoxy groups -OCH3 is 1. The van der Waals surface area contributed by atoms with E-state index in [9.17, 15) is 9.90 Å².